The number of aliphatic carboxylic acids is 1. The first-order valence-corrected chi connectivity index (χ1v) is 5.06. The van der Waals surface area contributed by atoms with Crippen LogP contribution >= 0.6 is 0 Å². The van der Waals surface area contributed by atoms with Crippen molar-refractivity contribution < 1.29 is 18.7 Å². The van der Waals surface area contributed by atoms with Crippen LogP contribution in [0.3, 0.4) is 0 Å². The molecule has 0 fully saturated rings. The molecule has 4 N–H and O–H groups in total. The Labute approximate surface area is 97.4 Å². The fourth-order valence-corrected chi connectivity index (χ4v) is 1.49. The molecule has 0 heterocycles. The molecule has 0 aliphatic rings. The van der Waals surface area contributed by atoms with Crippen molar-refractivity contribution in [3.63, 3.8) is 0 Å². The van der Waals surface area contributed by atoms with Crippen LogP contribution in [-0.4, -0.2) is 24.2 Å². The average molecular weight is 244 g/mol. The molecule has 0 aliphatic heterocycles. The van der Waals surface area contributed by atoms with Crippen molar-refractivity contribution >= 4 is 5.97 Å². The molecule has 4 nitrogen and oxygen atoms in total. The highest BCUT2D eigenvalue weighted by atomic mass is 19.1. The minimum atomic E-state index is -1.70. The maximum Gasteiger partial charge on any atom is 0.328 e. The summed E-state index contributed by atoms with van der Waals surface area (Å²) in [5, 5.41) is 11.7. The molecule has 1 atom stereocenters. The van der Waals surface area contributed by atoms with Gasteiger partial charge < -0.3 is 10.8 Å². The lowest BCUT2D eigenvalue weighted by atomic mass is 9.91. The fourth-order valence-electron chi connectivity index (χ4n) is 1.49. The first-order chi connectivity index (χ1) is 7.91. The van der Waals surface area contributed by atoms with Gasteiger partial charge in [0.25, 0.3) is 0 Å². The zero-order chi connectivity index (χ0) is 13.1. The summed E-state index contributed by atoms with van der Waals surface area (Å²) >= 11 is 0. The number of hydrogen-bond donors (Lipinski definition) is 3. The summed E-state index contributed by atoms with van der Waals surface area (Å²) in [4.78, 5) is 11.2. The topological polar surface area (TPSA) is 75.3 Å². The van der Waals surface area contributed by atoms with E-state index in [2.05, 4.69) is 5.32 Å². The fraction of sp³-hybridized carbons (Fsp3) is 0.364. The molecule has 1 aromatic rings. The van der Waals surface area contributed by atoms with Crippen LogP contribution in [0.15, 0.2) is 18.2 Å². The summed E-state index contributed by atoms with van der Waals surface area (Å²) in [6.07, 6.45) is 0. The Morgan fingerprint density at radius 2 is 2.18 bits per heavy atom. The zero-order valence-electron chi connectivity index (χ0n) is 9.34. The predicted octanol–water partition coefficient (Wildman–Crippen LogP) is 0.813. The molecule has 1 aromatic carbocycles. The summed E-state index contributed by atoms with van der Waals surface area (Å²) in [5.41, 5.74) is 3.30. The molecule has 6 heteroatoms. The molecule has 0 spiro atoms. The Bertz CT molecular complexity index is 426. The molecular weight excluding hydrogens is 230 g/mol. The number of hydrogen-bond acceptors (Lipinski definition) is 3. The van der Waals surface area contributed by atoms with E-state index in [1.165, 1.54) is 6.92 Å². The van der Waals surface area contributed by atoms with E-state index in [0.29, 0.717) is 0 Å². The van der Waals surface area contributed by atoms with Crippen molar-refractivity contribution in [3.8, 4) is 0 Å². The minimum absolute atomic E-state index is 0.179. The number of nitrogens with one attached hydrogen (secondary N) is 1. The van der Waals surface area contributed by atoms with Gasteiger partial charge in [0.05, 0.1) is 0 Å². The van der Waals surface area contributed by atoms with Crippen LogP contribution in [0.4, 0.5) is 8.78 Å². The first-order valence-electron chi connectivity index (χ1n) is 5.06. The van der Waals surface area contributed by atoms with E-state index in [1.54, 1.807) is 0 Å². The number of carboxylic acid groups (broad SMARTS) is 1. The van der Waals surface area contributed by atoms with E-state index in [9.17, 15) is 13.6 Å². The average Bonchev–Trinajstić information content (AvgIpc) is 2.29. The second kappa shape index (κ2) is 5.20. The number of rotatable bonds is 5. The highest BCUT2D eigenvalue weighted by Crippen LogP contribution is 2.24. The molecule has 0 saturated carbocycles. The Morgan fingerprint density at radius 1 is 1.53 bits per heavy atom. The minimum Gasteiger partial charge on any atom is -0.480 e. The van der Waals surface area contributed by atoms with E-state index in [1.807, 2.05) is 0 Å². The Morgan fingerprint density at radius 3 is 2.71 bits per heavy atom. The quantitative estimate of drug-likeness (QED) is 0.716. The number of benzene rings is 1. The van der Waals surface area contributed by atoms with Gasteiger partial charge in [-0.2, -0.15) is 0 Å². The second-order valence-corrected chi connectivity index (χ2v) is 3.77. The molecule has 0 aliphatic carbocycles. The molecule has 0 aromatic heterocycles. The van der Waals surface area contributed by atoms with Crippen LogP contribution in [0.1, 0.15) is 12.5 Å². The first kappa shape index (κ1) is 13.5. The molecular formula is C11H14F2N2O2. The van der Waals surface area contributed by atoms with Crippen molar-refractivity contribution in [1.82, 2.24) is 5.32 Å². The number of halogens is 2. The molecule has 0 saturated heterocycles. The third kappa shape index (κ3) is 2.78. The van der Waals surface area contributed by atoms with Gasteiger partial charge in [-0.25, -0.2) is 13.6 Å². The Kier molecular flexibility index (Phi) is 4.14. The van der Waals surface area contributed by atoms with Gasteiger partial charge in [-0.3, -0.25) is 5.32 Å². The second-order valence-electron chi connectivity index (χ2n) is 3.77. The van der Waals surface area contributed by atoms with Crippen LogP contribution in [0.5, 0.6) is 0 Å². The Balaban J connectivity index is 3.21. The van der Waals surface area contributed by atoms with Crippen molar-refractivity contribution in [1.29, 1.82) is 0 Å². The van der Waals surface area contributed by atoms with Gasteiger partial charge in [0.15, 0.2) is 0 Å². The highest BCUT2D eigenvalue weighted by molar-refractivity contribution is 5.80. The standard InChI is InChI=1S/C11H14F2N2O2/c1-11(10(16)17,15-5-4-14)8-6-7(12)2-3-9(8)13/h2-3,6,15H,4-5,14H2,1H3,(H,16,17). The van der Waals surface area contributed by atoms with Gasteiger partial charge in [-0.15, -0.1) is 0 Å². The van der Waals surface area contributed by atoms with Crippen LogP contribution in [0, 0.1) is 11.6 Å². The van der Waals surface area contributed by atoms with Crippen molar-refractivity contribution in [3.05, 3.63) is 35.4 Å². The lowest BCUT2D eigenvalue weighted by Crippen LogP contribution is -2.49. The molecule has 1 unspecified atom stereocenters. The predicted molar refractivity (Wildman–Crippen MR) is 58.4 cm³/mol. The third-order valence-electron chi connectivity index (χ3n) is 2.52. The lowest BCUT2D eigenvalue weighted by molar-refractivity contribution is -0.144. The summed E-state index contributed by atoms with van der Waals surface area (Å²) in [6, 6.07) is 2.70. The number of nitrogens with two attached hydrogens (primary N) is 1. The van der Waals surface area contributed by atoms with Crippen LogP contribution in [-0.2, 0) is 10.3 Å². The van der Waals surface area contributed by atoms with Gasteiger partial charge >= 0.3 is 5.97 Å². The van der Waals surface area contributed by atoms with E-state index < -0.39 is 23.1 Å². The normalized spacial score (nSPS) is 14.4. The van der Waals surface area contributed by atoms with Crippen molar-refractivity contribution in [2.45, 2.75) is 12.5 Å². The van der Waals surface area contributed by atoms with E-state index in [-0.39, 0.29) is 18.7 Å². The summed E-state index contributed by atoms with van der Waals surface area (Å²) in [5.74, 6) is -2.76. The summed E-state index contributed by atoms with van der Waals surface area (Å²) in [6.45, 7) is 1.64. The van der Waals surface area contributed by atoms with Gasteiger partial charge in [-0.05, 0) is 25.1 Å². The van der Waals surface area contributed by atoms with Crippen molar-refractivity contribution in [2.75, 3.05) is 13.1 Å². The smallest absolute Gasteiger partial charge is 0.328 e. The SMILES string of the molecule is CC(NCCN)(C(=O)O)c1cc(F)ccc1F. The largest absolute Gasteiger partial charge is 0.480 e. The molecule has 0 bridgehead atoms. The molecule has 0 radical (unpaired) electrons. The van der Waals surface area contributed by atoms with Gasteiger partial charge in [-0.1, -0.05) is 0 Å². The van der Waals surface area contributed by atoms with Crippen LogP contribution in [0.2, 0.25) is 0 Å². The summed E-state index contributed by atoms with van der Waals surface area (Å²) < 4.78 is 26.6. The highest BCUT2D eigenvalue weighted by Gasteiger charge is 2.37. The summed E-state index contributed by atoms with van der Waals surface area (Å²) in [7, 11) is 0. The molecule has 94 valence electrons. The number of carboxylic acids is 1. The molecule has 17 heavy (non-hydrogen) atoms. The zero-order valence-corrected chi connectivity index (χ0v) is 9.34. The third-order valence-corrected chi connectivity index (χ3v) is 2.52. The number of carbonyl (C=O) groups is 1. The monoisotopic (exact) mass is 244 g/mol. The van der Waals surface area contributed by atoms with Gasteiger partial charge in [0.1, 0.15) is 17.2 Å². The van der Waals surface area contributed by atoms with Gasteiger partial charge in [0, 0.05) is 18.7 Å². The van der Waals surface area contributed by atoms with E-state index in [4.69, 9.17) is 10.8 Å². The van der Waals surface area contributed by atoms with Crippen LogP contribution in [0.25, 0.3) is 0 Å². The lowest BCUT2D eigenvalue weighted by Gasteiger charge is -2.27. The van der Waals surface area contributed by atoms with Gasteiger partial charge in [0.2, 0.25) is 0 Å². The molecule has 0 amide bonds. The maximum atomic E-state index is 13.6. The van der Waals surface area contributed by atoms with E-state index >= 15 is 0 Å². The Hall–Kier alpha value is -1.53. The maximum absolute atomic E-state index is 13.6. The van der Waals surface area contributed by atoms with E-state index in [0.717, 1.165) is 18.2 Å². The van der Waals surface area contributed by atoms with Crippen LogP contribution < -0.4 is 11.1 Å². The van der Waals surface area contributed by atoms with Crippen molar-refractivity contribution in [2.24, 2.45) is 5.73 Å². The molecule has 1 rings (SSSR count).